The number of carbonyl (C=O) groups is 1. The number of halogens is 1. The van der Waals surface area contributed by atoms with Crippen molar-refractivity contribution in [1.29, 1.82) is 0 Å². The maximum atomic E-state index is 12.5. The quantitative estimate of drug-likeness (QED) is 0.476. The predicted octanol–water partition coefficient (Wildman–Crippen LogP) is 5.08. The number of anilines is 1. The normalized spacial score (nSPS) is 10.3. The van der Waals surface area contributed by atoms with Crippen molar-refractivity contribution in [2.24, 2.45) is 0 Å². The molecule has 6 nitrogen and oxygen atoms in total. The molecule has 3 aromatic carbocycles. The second-order valence-electron chi connectivity index (χ2n) is 5.68. The van der Waals surface area contributed by atoms with Gasteiger partial charge in [-0.15, -0.1) is 0 Å². The summed E-state index contributed by atoms with van der Waals surface area (Å²) in [4.78, 5) is 22.8. The number of amides is 1. The summed E-state index contributed by atoms with van der Waals surface area (Å²) in [6.07, 6.45) is 0. The van der Waals surface area contributed by atoms with Crippen LogP contribution in [0.5, 0.6) is 5.75 Å². The SMILES string of the molecule is O=C(Nc1cc([N+](=O)[O-])ccc1Cl)c1cccc(OCc2ccccc2)c1. The van der Waals surface area contributed by atoms with E-state index in [1.165, 1.54) is 18.2 Å². The van der Waals surface area contributed by atoms with E-state index in [-0.39, 0.29) is 16.4 Å². The van der Waals surface area contributed by atoms with Crippen LogP contribution in [0.25, 0.3) is 0 Å². The van der Waals surface area contributed by atoms with Gasteiger partial charge in [0, 0.05) is 17.7 Å². The lowest BCUT2D eigenvalue weighted by molar-refractivity contribution is -0.384. The Kier molecular flexibility index (Phi) is 5.68. The number of nitrogens with one attached hydrogen (secondary N) is 1. The van der Waals surface area contributed by atoms with Crippen LogP contribution < -0.4 is 10.1 Å². The molecule has 0 unspecified atom stereocenters. The van der Waals surface area contributed by atoms with Gasteiger partial charge in [-0.25, -0.2) is 0 Å². The van der Waals surface area contributed by atoms with E-state index in [0.29, 0.717) is 17.9 Å². The number of nitro groups is 1. The molecule has 0 aliphatic rings. The van der Waals surface area contributed by atoms with Crippen LogP contribution in [0.1, 0.15) is 15.9 Å². The van der Waals surface area contributed by atoms with E-state index in [4.69, 9.17) is 16.3 Å². The summed E-state index contributed by atoms with van der Waals surface area (Å²) < 4.78 is 5.71. The molecule has 0 saturated carbocycles. The molecule has 136 valence electrons. The molecule has 0 aromatic heterocycles. The fraction of sp³-hybridized carbons (Fsp3) is 0.0500. The lowest BCUT2D eigenvalue weighted by Crippen LogP contribution is -2.12. The molecule has 7 heteroatoms. The molecule has 0 fully saturated rings. The maximum absolute atomic E-state index is 12.5. The zero-order valence-corrected chi connectivity index (χ0v) is 14.8. The Hall–Kier alpha value is -3.38. The molecule has 0 aliphatic carbocycles. The third-order valence-corrected chi connectivity index (χ3v) is 4.08. The molecule has 0 aliphatic heterocycles. The number of hydrogen-bond donors (Lipinski definition) is 1. The predicted molar refractivity (Wildman–Crippen MR) is 103 cm³/mol. The van der Waals surface area contributed by atoms with E-state index in [1.54, 1.807) is 24.3 Å². The van der Waals surface area contributed by atoms with Crippen LogP contribution in [0, 0.1) is 10.1 Å². The topological polar surface area (TPSA) is 81.5 Å². The van der Waals surface area contributed by atoms with Gasteiger partial charge < -0.3 is 10.1 Å². The Labute approximate surface area is 160 Å². The summed E-state index contributed by atoms with van der Waals surface area (Å²) >= 11 is 6.02. The Bertz CT molecular complexity index is 977. The summed E-state index contributed by atoms with van der Waals surface area (Å²) in [6, 6.07) is 20.2. The van der Waals surface area contributed by atoms with Crippen LogP contribution in [-0.2, 0) is 6.61 Å². The van der Waals surface area contributed by atoms with E-state index in [9.17, 15) is 14.9 Å². The molecule has 0 bridgehead atoms. The van der Waals surface area contributed by atoms with Crippen molar-refractivity contribution in [3.8, 4) is 5.75 Å². The van der Waals surface area contributed by atoms with Crippen molar-refractivity contribution < 1.29 is 14.5 Å². The Balaban J connectivity index is 1.72. The van der Waals surface area contributed by atoms with Gasteiger partial charge in [-0.3, -0.25) is 14.9 Å². The van der Waals surface area contributed by atoms with Crippen molar-refractivity contribution in [2.75, 3.05) is 5.32 Å². The molecular formula is C20H15ClN2O4. The Morgan fingerprint density at radius 2 is 1.81 bits per heavy atom. The molecule has 0 atom stereocenters. The molecule has 0 heterocycles. The molecule has 0 radical (unpaired) electrons. The summed E-state index contributed by atoms with van der Waals surface area (Å²) in [6.45, 7) is 0.378. The van der Waals surface area contributed by atoms with Crippen molar-refractivity contribution in [2.45, 2.75) is 6.61 Å². The third-order valence-electron chi connectivity index (χ3n) is 3.75. The number of ether oxygens (including phenoxy) is 1. The first kappa shape index (κ1) is 18.4. The van der Waals surface area contributed by atoms with Crippen LogP contribution in [-0.4, -0.2) is 10.8 Å². The number of carbonyl (C=O) groups excluding carboxylic acids is 1. The summed E-state index contributed by atoms with van der Waals surface area (Å²) in [5.74, 6) is 0.0965. The highest BCUT2D eigenvalue weighted by Gasteiger charge is 2.14. The zero-order valence-electron chi connectivity index (χ0n) is 14.1. The minimum atomic E-state index is -0.552. The highest BCUT2D eigenvalue weighted by molar-refractivity contribution is 6.34. The van der Waals surface area contributed by atoms with Gasteiger partial charge in [0.25, 0.3) is 11.6 Å². The van der Waals surface area contributed by atoms with Gasteiger partial charge in [0.1, 0.15) is 12.4 Å². The fourth-order valence-corrected chi connectivity index (χ4v) is 2.55. The van der Waals surface area contributed by atoms with E-state index in [1.807, 2.05) is 30.3 Å². The van der Waals surface area contributed by atoms with Gasteiger partial charge >= 0.3 is 0 Å². The Morgan fingerprint density at radius 3 is 2.56 bits per heavy atom. The molecule has 3 aromatic rings. The molecular weight excluding hydrogens is 368 g/mol. The number of nitrogens with zero attached hydrogens (tertiary/aromatic N) is 1. The van der Waals surface area contributed by atoms with Crippen LogP contribution in [0.3, 0.4) is 0 Å². The van der Waals surface area contributed by atoms with Gasteiger partial charge in [0.2, 0.25) is 0 Å². The van der Waals surface area contributed by atoms with Crippen molar-refractivity contribution in [3.05, 3.63) is 99.1 Å². The number of non-ortho nitro benzene ring substituents is 1. The van der Waals surface area contributed by atoms with Gasteiger partial charge in [0.15, 0.2) is 0 Å². The number of rotatable bonds is 6. The molecule has 1 amide bonds. The summed E-state index contributed by atoms with van der Waals surface area (Å²) in [5.41, 5.74) is 1.37. The smallest absolute Gasteiger partial charge is 0.271 e. The molecule has 3 rings (SSSR count). The molecule has 27 heavy (non-hydrogen) atoms. The van der Waals surface area contributed by atoms with Crippen LogP contribution in [0.4, 0.5) is 11.4 Å². The third kappa shape index (κ3) is 4.83. The number of hydrogen-bond acceptors (Lipinski definition) is 4. The highest BCUT2D eigenvalue weighted by Crippen LogP contribution is 2.27. The van der Waals surface area contributed by atoms with Crippen molar-refractivity contribution in [3.63, 3.8) is 0 Å². The zero-order chi connectivity index (χ0) is 19.2. The lowest BCUT2D eigenvalue weighted by Gasteiger charge is -2.10. The standard InChI is InChI=1S/C20H15ClN2O4/c21-18-10-9-16(23(25)26)12-19(18)22-20(24)15-7-4-8-17(11-15)27-13-14-5-2-1-3-6-14/h1-12H,13H2,(H,22,24). The fourth-order valence-electron chi connectivity index (χ4n) is 2.39. The maximum Gasteiger partial charge on any atom is 0.271 e. The minimum absolute atomic E-state index is 0.158. The Morgan fingerprint density at radius 1 is 1.04 bits per heavy atom. The van der Waals surface area contributed by atoms with Crippen molar-refractivity contribution in [1.82, 2.24) is 0 Å². The van der Waals surface area contributed by atoms with E-state index in [2.05, 4.69) is 5.32 Å². The number of benzene rings is 3. The average molecular weight is 383 g/mol. The van der Waals surface area contributed by atoms with E-state index < -0.39 is 10.8 Å². The van der Waals surface area contributed by atoms with Crippen molar-refractivity contribution >= 4 is 28.9 Å². The lowest BCUT2D eigenvalue weighted by atomic mass is 10.2. The minimum Gasteiger partial charge on any atom is -0.489 e. The van der Waals surface area contributed by atoms with Crippen LogP contribution >= 0.6 is 11.6 Å². The largest absolute Gasteiger partial charge is 0.489 e. The average Bonchev–Trinajstić information content (AvgIpc) is 2.69. The first-order valence-electron chi connectivity index (χ1n) is 8.05. The molecule has 0 saturated heterocycles. The summed E-state index contributed by atoms with van der Waals surface area (Å²) in [5, 5.41) is 13.7. The number of nitro benzene ring substituents is 1. The van der Waals surface area contributed by atoms with Gasteiger partial charge in [-0.05, 0) is 29.8 Å². The monoisotopic (exact) mass is 382 g/mol. The molecule has 0 spiro atoms. The first-order chi connectivity index (χ1) is 13.0. The van der Waals surface area contributed by atoms with Crippen LogP contribution in [0.2, 0.25) is 5.02 Å². The first-order valence-corrected chi connectivity index (χ1v) is 8.43. The van der Waals surface area contributed by atoms with E-state index in [0.717, 1.165) is 5.56 Å². The highest BCUT2D eigenvalue weighted by atomic mass is 35.5. The second kappa shape index (κ2) is 8.33. The molecule has 1 N–H and O–H groups in total. The van der Waals surface area contributed by atoms with Gasteiger partial charge in [-0.2, -0.15) is 0 Å². The van der Waals surface area contributed by atoms with Gasteiger partial charge in [-0.1, -0.05) is 48.0 Å². The van der Waals surface area contributed by atoms with Crippen LogP contribution in [0.15, 0.2) is 72.8 Å². The second-order valence-corrected chi connectivity index (χ2v) is 6.08. The summed E-state index contributed by atoms with van der Waals surface area (Å²) in [7, 11) is 0. The van der Waals surface area contributed by atoms with Gasteiger partial charge in [0.05, 0.1) is 15.6 Å². The van der Waals surface area contributed by atoms with E-state index >= 15 is 0 Å².